The molecule has 0 spiro atoms. The van der Waals surface area contributed by atoms with Crippen LogP contribution >= 0.6 is 0 Å². The largest absolute Gasteiger partial charge is 0.403 e. The SMILES string of the molecule is C=C(N)CCCCCCCCCCCCCCCC1=NCC=NN1. The van der Waals surface area contributed by atoms with Gasteiger partial charge in [-0.2, -0.15) is 5.10 Å². The first kappa shape index (κ1) is 20.7. The molecule has 4 nitrogen and oxygen atoms in total. The van der Waals surface area contributed by atoms with Crippen molar-refractivity contribution >= 4 is 12.1 Å². The van der Waals surface area contributed by atoms with Crippen LogP contribution in [0.25, 0.3) is 0 Å². The molecular formula is C20H38N4. The van der Waals surface area contributed by atoms with Crippen molar-refractivity contribution < 1.29 is 0 Å². The highest BCUT2D eigenvalue weighted by Crippen LogP contribution is 2.13. The summed E-state index contributed by atoms with van der Waals surface area (Å²) in [5.74, 6) is 1.06. The molecule has 0 atom stereocenters. The number of rotatable bonds is 16. The molecule has 0 amide bonds. The van der Waals surface area contributed by atoms with Gasteiger partial charge in [0.05, 0.1) is 6.54 Å². The van der Waals surface area contributed by atoms with Crippen LogP contribution in [0.4, 0.5) is 0 Å². The Kier molecular flexibility index (Phi) is 13.1. The minimum absolute atomic E-state index is 0.742. The second-order valence-corrected chi connectivity index (χ2v) is 6.97. The Labute approximate surface area is 149 Å². The number of hydrogen-bond acceptors (Lipinski definition) is 4. The first-order chi connectivity index (χ1) is 11.8. The molecule has 0 fully saturated rings. The Bertz CT molecular complexity index is 374. The highest BCUT2D eigenvalue weighted by Gasteiger charge is 2.00. The second kappa shape index (κ2) is 15.2. The Balaban J connectivity index is 1.70. The van der Waals surface area contributed by atoms with Gasteiger partial charge in [-0.05, 0) is 19.3 Å². The minimum Gasteiger partial charge on any atom is -0.403 e. The van der Waals surface area contributed by atoms with Gasteiger partial charge in [0.25, 0.3) is 0 Å². The van der Waals surface area contributed by atoms with Crippen LogP contribution in [0.5, 0.6) is 0 Å². The summed E-state index contributed by atoms with van der Waals surface area (Å²) in [5.41, 5.74) is 9.38. The van der Waals surface area contributed by atoms with E-state index in [1.807, 2.05) is 6.21 Å². The number of nitrogens with two attached hydrogens (primary N) is 1. The Morgan fingerprint density at radius 3 is 1.83 bits per heavy atom. The normalized spacial score (nSPS) is 13.6. The Morgan fingerprint density at radius 1 is 0.875 bits per heavy atom. The highest BCUT2D eigenvalue weighted by molar-refractivity contribution is 5.85. The van der Waals surface area contributed by atoms with E-state index in [0.717, 1.165) is 30.9 Å². The average Bonchev–Trinajstić information content (AvgIpc) is 2.59. The van der Waals surface area contributed by atoms with Crippen molar-refractivity contribution in [3.05, 3.63) is 12.3 Å². The first-order valence-corrected chi connectivity index (χ1v) is 10.0. The number of aliphatic imine (C=N–C) groups is 1. The van der Waals surface area contributed by atoms with Gasteiger partial charge in [-0.25, -0.2) is 0 Å². The van der Waals surface area contributed by atoms with Gasteiger partial charge in [0.1, 0.15) is 5.84 Å². The quantitative estimate of drug-likeness (QED) is 0.376. The van der Waals surface area contributed by atoms with Crippen LogP contribution in [-0.2, 0) is 0 Å². The van der Waals surface area contributed by atoms with Crippen LogP contribution in [0.3, 0.4) is 0 Å². The smallest absolute Gasteiger partial charge is 0.117 e. The van der Waals surface area contributed by atoms with Crippen molar-refractivity contribution in [2.75, 3.05) is 6.54 Å². The summed E-state index contributed by atoms with van der Waals surface area (Å²) in [6.07, 6.45) is 21.5. The maximum Gasteiger partial charge on any atom is 0.117 e. The van der Waals surface area contributed by atoms with Crippen LogP contribution in [0.15, 0.2) is 22.4 Å². The van der Waals surface area contributed by atoms with E-state index in [4.69, 9.17) is 5.73 Å². The third-order valence-electron chi connectivity index (χ3n) is 4.56. The second-order valence-electron chi connectivity index (χ2n) is 6.97. The number of hydrazone groups is 1. The van der Waals surface area contributed by atoms with Crippen molar-refractivity contribution in [1.29, 1.82) is 0 Å². The van der Waals surface area contributed by atoms with Gasteiger partial charge in [-0.3, -0.25) is 10.4 Å². The predicted octanol–water partition coefficient (Wildman–Crippen LogP) is 5.30. The lowest BCUT2D eigenvalue weighted by molar-refractivity contribution is 0.537. The molecule has 1 aliphatic heterocycles. The van der Waals surface area contributed by atoms with E-state index in [1.165, 1.54) is 83.5 Å². The van der Waals surface area contributed by atoms with Crippen LogP contribution in [0, 0.1) is 0 Å². The van der Waals surface area contributed by atoms with Gasteiger partial charge < -0.3 is 5.73 Å². The number of hydrogen-bond donors (Lipinski definition) is 2. The first-order valence-electron chi connectivity index (χ1n) is 10.0. The fourth-order valence-electron chi connectivity index (χ4n) is 3.07. The van der Waals surface area contributed by atoms with E-state index in [9.17, 15) is 0 Å². The van der Waals surface area contributed by atoms with E-state index in [1.54, 1.807) is 0 Å². The molecule has 0 aromatic carbocycles. The van der Waals surface area contributed by atoms with E-state index in [-0.39, 0.29) is 0 Å². The zero-order chi connectivity index (χ0) is 17.3. The van der Waals surface area contributed by atoms with E-state index < -0.39 is 0 Å². The molecule has 4 heteroatoms. The summed E-state index contributed by atoms with van der Waals surface area (Å²) in [6.45, 7) is 4.48. The molecule has 1 heterocycles. The standard InChI is InChI=1S/C20H38N4/c1-19(21)15-13-11-9-7-5-3-2-4-6-8-10-12-14-16-20-22-17-18-23-24-20/h18H,1-17,21H2,(H,22,24). The molecule has 3 N–H and O–H groups in total. The van der Waals surface area contributed by atoms with Crippen molar-refractivity contribution in [2.24, 2.45) is 15.8 Å². The third-order valence-corrected chi connectivity index (χ3v) is 4.56. The van der Waals surface area contributed by atoms with Gasteiger partial charge in [0.15, 0.2) is 0 Å². The molecule has 0 unspecified atom stereocenters. The maximum absolute atomic E-state index is 5.57. The predicted molar refractivity (Wildman–Crippen MR) is 107 cm³/mol. The number of unbranched alkanes of at least 4 members (excludes halogenated alkanes) is 12. The molecule has 1 rings (SSSR count). The van der Waals surface area contributed by atoms with Gasteiger partial charge in [-0.15, -0.1) is 0 Å². The maximum atomic E-state index is 5.57. The molecule has 0 saturated heterocycles. The Hall–Kier alpha value is -1.32. The average molecular weight is 335 g/mol. The molecule has 24 heavy (non-hydrogen) atoms. The van der Waals surface area contributed by atoms with Gasteiger partial charge in [0.2, 0.25) is 0 Å². The molecule has 0 aromatic rings. The summed E-state index contributed by atoms with van der Waals surface area (Å²) in [5, 5.41) is 4.04. The van der Waals surface area contributed by atoms with Gasteiger partial charge in [0, 0.05) is 18.3 Å². The van der Waals surface area contributed by atoms with E-state index in [0.29, 0.717) is 0 Å². The summed E-state index contributed by atoms with van der Waals surface area (Å²) in [6, 6.07) is 0. The van der Waals surface area contributed by atoms with Gasteiger partial charge in [-0.1, -0.05) is 77.2 Å². The van der Waals surface area contributed by atoms with Crippen LogP contribution in [0.2, 0.25) is 0 Å². The summed E-state index contributed by atoms with van der Waals surface area (Å²) < 4.78 is 0. The van der Waals surface area contributed by atoms with Crippen LogP contribution < -0.4 is 11.2 Å². The molecule has 0 bridgehead atoms. The van der Waals surface area contributed by atoms with Gasteiger partial charge >= 0.3 is 0 Å². The summed E-state index contributed by atoms with van der Waals surface area (Å²) >= 11 is 0. The lowest BCUT2D eigenvalue weighted by Crippen LogP contribution is -2.21. The van der Waals surface area contributed by atoms with Crippen molar-refractivity contribution in [3.63, 3.8) is 0 Å². The lowest BCUT2D eigenvalue weighted by Gasteiger charge is -2.08. The van der Waals surface area contributed by atoms with E-state index in [2.05, 4.69) is 22.1 Å². The zero-order valence-corrected chi connectivity index (χ0v) is 15.6. The van der Waals surface area contributed by atoms with Crippen LogP contribution in [0.1, 0.15) is 96.3 Å². The van der Waals surface area contributed by atoms with Crippen molar-refractivity contribution in [1.82, 2.24) is 5.43 Å². The molecule has 138 valence electrons. The fraction of sp³-hybridized carbons (Fsp3) is 0.800. The van der Waals surface area contributed by atoms with Crippen LogP contribution in [-0.4, -0.2) is 18.6 Å². The van der Waals surface area contributed by atoms with E-state index >= 15 is 0 Å². The Morgan fingerprint density at radius 2 is 1.38 bits per heavy atom. The zero-order valence-electron chi connectivity index (χ0n) is 15.6. The lowest BCUT2D eigenvalue weighted by atomic mass is 10.0. The molecule has 0 radical (unpaired) electrons. The number of amidine groups is 1. The molecule has 0 aromatic heterocycles. The topological polar surface area (TPSA) is 62.8 Å². The molecule has 0 saturated carbocycles. The van der Waals surface area contributed by atoms with Crippen molar-refractivity contribution in [2.45, 2.75) is 96.3 Å². The number of allylic oxidation sites excluding steroid dienone is 1. The number of nitrogens with zero attached hydrogens (tertiary/aromatic N) is 2. The molecule has 0 aliphatic carbocycles. The fourth-order valence-corrected chi connectivity index (χ4v) is 3.07. The molecule has 1 aliphatic rings. The summed E-state index contributed by atoms with van der Waals surface area (Å²) in [7, 11) is 0. The summed E-state index contributed by atoms with van der Waals surface area (Å²) in [4.78, 5) is 4.38. The highest BCUT2D eigenvalue weighted by atomic mass is 15.3. The number of nitrogens with one attached hydrogen (secondary N) is 1. The molecular weight excluding hydrogens is 296 g/mol. The monoisotopic (exact) mass is 334 g/mol. The third kappa shape index (κ3) is 13.1. The van der Waals surface area contributed by atoms with Crippen molar-refractivity contribution in [3.8, 4) is 0 Å². The minimum atomic E-state index is 0.742.